The van der Waals surface area contributed by atoms with Crippen LogP contribution in [0, 0.1) is 5.82 Å². The van der Waals surface area contributed by atoms with Crippen molar-refractivity contribution in [2.75, 3.05) is 0 Å². The average molecular weight is 324 g/mol. The van der Waals surface area contributed by atoms with Gasteiger partial charge >= 0.3 is 5.97 Å². The van der Waals surface area contributed by atoms with Crippen molar-refractivity contribution >= 4 is 11.9 Å². The molecule has 0 heterocycles. The van der Waals surface area contributed by atoms with E-state index in [2.05, 4.69) is 5.32 Å². The van der Waals surface area contributed by atoms with Crippen LogP contribution in [0.1, 0.15) is 44.6 Å². The Hall–Kier alpha value is -1.95. The second-order valence-corrected chi connectivity index (χ2v) is 5.67. The van der Waals surface area contributed by atoms with Crippen molar-refractivity contribution < 1.29 is 19.1 Å². The topological polar surface area (TPSA) is 92.4 Å². The number of rotatable bonds is 10. The van der Waals surface area contributed by atoms with Crippen LogP contribution in [0.15, 0.2) is 24.3 Å². The average Bonchev–Trinajstić information content (AvgIpc) is 2.53. The molecule has 0 aliphatic rings. The Labute approximate surface area is 136 Å². The van der Waals surface area contributed by atoms with Crippen LogP contribution in [-0.2, 0) is 16.0 Å². The van der Waals surface area contributed by atoms with Gasteiger partial charge in [-0.2, -0.15) is 0 Å². The predicted molar refractivity (Wildman–Crippen MR) is 86.4 cm³/mol. The number of carboxylic acids is 1. The number of benzene rings is 1. The number of hydrogen-bond donors (Lipinski definition) is 3. The lowest BCUT2D eigenvalue weighted by atomic mass is 10.0. The van der Waals surface area contributed by atoms with E-state index in [0.717, 1.165) is 18.4 Å². The Morgan fingerprint density at radius 1 is 1.22 bits per heavy atom. The molecule has 0 saturated carbocycles. The Kier molecular flexibility index (Phi) is 8.26. The van der Waals surface area contributed by atoms with Crippen LogP contribution in [0.4, 0.5) is 4.39 Å². The quantitative estimate of drug-likeness (QED) is 0.615. The van der Waals surface area contributed by atoms with Crippen molar-refractivity contribution in [2.45, 2.75) is 57.5 Å². The number of hydrogen-bond acceptors (Lipinski definition) is 3. The summed E-state index contributed by atoms with van der Waals surface area (Å²) in [7, 11) is 0. The van der Waals surface area contributed by atoms with E-state index in [4.69, 9.17) is 5.73 Å². The van der Waals surface area contributed by atoms with Crippen LogP contribution in [0.2, 0.25) is 0 Å². The minimum Gasteiger partial charge on any atom is -0.480 e. The summed E-state index contributed by atoms with van der Waals surface area (Å²) in [4.78, 5) is 23.1. The molecule has 4 N–H and O–H groups in total. The third kappa shape index (κ3) is 7.23. The molecular formula is C17H25FN2O3. The van der Waals surface area contributed by atoms with Gasteiger partial charge < -0.3 is 16.2 Å². The molecule has 0 radical (unpaired) electrons. The molecule has 0 spiro atoms. The summed E-state index contributed by atoms with van der Waals surface area (Å²) in [6, 6.07) is 4.47. The lowest BCUT2D eigenvalue weighted by Crippen LogP contribution is -2.48. The van der Waals surface area contributed by atoms with Gasteiger partial charge in [-0.05, 0) is 43.4 Å². The van der Waals surface area contributed by atoms with E-state index in [9.17, 15) is 19.1 Å². The first kappa shape index (κ1) is 19.1. The standard InChI is InChI=1S/C17H25FN2O3/c1-2-3-6-14(19)16(21)20-15(17(22)23)7-4-5-12-8-10-13(18)11-9-12/h8-11,14-15H,2-7,19H2,1H3,(H,20,21)(H,22,23)/t14-,15?/m0/s1. The van der Waals surface area contributed by atoms with Gasteiger partial charge in [-0.1, -0.05) is 31.9 Å². The number of nitrogens with one attached hydrogen (secondary N) is 1. The normalized spacial score (nSPS) is 13.3. The first-order chi connectivity index (χ1) is 10.9. The molecule has 0 aliphatic heterocycles. The second-order valence-electron chi connectivity index (χ2n) is 5.67. The van der Waals surface area contributed by atoms with Crippen molar-refractivity contribution in [3.8, 4) is 0 Å². The molecule has 0 bridgehead atoms. The number of nitrogens with two attached hydrogens (primary N) is 1. The molecular weight excluding hydrogens is 299 g/mol. The fourth-order valence-electron chi connectivity index (χ4n) is 2.25. The van der Waals surface area contributed by atoms with Gasteiger partial charge in [-0.3, -0.25) is 4.79 Å². The largest absolute Gasteiger partial charge is 0.480 e. The van der Waals surface area contributed by atoms with E-state index < -0.39 is 24.0 Å². The van der Waals surface area contributed by atoms with Crippen LogP contribution < -0.4 is 11.1 Å². The number of halogens is 1. The molecule has 2 atom stereocenters. The summed E-state index contributed by atoms with van der Waals surface area (Å²) in [5.41, 5.74) is 6.68. The molecule has 0 aromatic heterocycles. The summed E-state index contributed by atoms with van der Waals surface area (Å²) < 4.78 is 12.8. The molecule has 128 valence electrons. The molecule has 1 unspecified atom stereocenters. The molecule has 1 rings (SSSR count). The minimum atomic E-state index is -1.07. The first-order valence-electron chi connectivity index (χ1n) is 7.97. The molecule has 0 fully saturated rings. The number of unbranched alkanes of at least 4 members (excludes halogenated alkanes) is 1. The summed E-state index contributed by atoms with van der Waals surface area (Å²) in [6.07, 6.45) is 3.82. The van der Waals surface area contributed by atoms with E-state index in [1.54, 1.807) is 12.1 Å². The van der Waals surface area contributed by atoms with Crippen molar-refractivity contribution in [1.29, 1.82) is 0 Å². The molecule has 6 heteroatoms. The highest BCUT2D eigenvalue weighted by Crippen LogP contribution is 2.09. The zero-order valence-electron chi connectivity index (χ0n) is 13.4. The fourth-order valence-corrected chi connectivity index (χ4v) is 2.25. The number of carboxylic acid groups (broad SMARTS) is 1. The molecule has 1 aromatic carbocycles. The third-order valence-corrected chi connectivity index (χ3v) is 3.69. The Bertz CT molecular complexity index is 505. The third-order valence-electron chi connectivity index (χ3n) is 3.69. The van der Waals surface area contributed by atoms with Crippen molar-refractivity contribution in [3.63, 3.8) is 0 Å². The zero-order valence-corrected chi connectivity index (χ0v) is 13.4. The number of carbonyl (C=O) groups is 2. The fraction of sp³-hybridized carbons (Fsp3) is 0.529. The van der Waals surface area contributed by atoms with Crippen LogP contribution in [0.3, 0.4) is 0 Å². The highest BCUT2D eigenvalue weighted by Gasteiger charge is 2.22. The lowest BCUT2D eigenvalue weighted by Gasteiger charge is -2.17. The monoisotopic (exact) mass is 324 g/mol. The molecule has 23 heavy (non-hydrogen) atoms. The van der Waals surface area contributed by atoms with Crippen molar-refractivity contribution in [3.05, 3.63) is 35.6 Å². The van der Waals surface area contributed by atoms with E-state index in [-0.39, 0.29) is 5.82 Å². The van der Waals surface area contributed by atoms with Crippen LogP contribution in [0.25, 0.3) is 0 Å². The first-order valence-corrected chi connectivity index (χ1v) is 7.97. The minimum absolute atomic E-state index is 0.300. The van der Waals surface area contributed by atoms with Crippen LogP contribution in [-0.4, -0.2) is 29.1 Å². The van der Waals surface area contributed by atoms with Gasteiger partial charge in [0.2, 0.25) is 5.91 Å². The van der Waals surface area contributed by atoms with Gasteiger partial charge in [-0.25, -0.2) is 9.18 Å². The molecule has 5 nitrogen and oxygen atoms in total. The van der Waals surface area contributed by atoms with E-state index >= 15 is 0 Å². The number of aryl methyl sites for hydroxylation is 1. The Morgan fingerprint density at radius 3 is 2.43 bits per heavy atom. The van der Waals surface area contributed by atoms with Crippen molar-refractivity contribution in [1.82, 2.24) is 5.32 Å². The summed E-state index contributed by atoms with van der Waals surface area (Å²) in [5, 5.41) is 11.7. The van der Waals surface area contributed by atoms with Gasteiger partial charge in [0.05, 0.1) is 6.04 Å². The zero-order chi connectivity index (χ0) is 17.2. The maximum atomic E-state index is 12.8. The highest BCUT2D eigenvalue weighted by atomic mass is 19.1. The van der Waals surface area contributed by atoms with E-state index in [0.29, 0.717) is 25.7 Å². The Balaban J connectivity index is 2.44. The Morgan fingerprint density at radius 2 is 1.87 bits per heavy atom. The van der Waals surface area contributed by atoms with Gasteiger partial charge in [0.1, 0.15) is 11.9 Å². The summed E-state index contributed by atoms with van der Waals surface area (Å²) in [6.45, 7) is 2.00. The lowest BCUT2D eigenvalue weighted by molar-refractivity contribution is -0.142. The smallest absolute Gasteiger partial charge is 0.326 e. The SMILES string of the molecule is CCCC[C@H](N)C(=O)NC(CCCc1ccc(F)cc1)C(=O)O. The molecule has 0 aliphatic carbocycles. The van der Waals surface area contributed by atoms with Crippen LogP contribution >= 0.6 is 0 Å². The van der Waals surface area contributed by atoms with Gasteiger partial charge in [-0.15, -0.1) is 0 Å². The maximum absolute atomic E-state index is 12.8. The number of amides is 1. The van der Waals surface area contributed by atoms with E-state index in [1.807, 2.05) is 6.92 Å². The summed E-state index contributed by atoms with van der Waals surface area (Å²) >= 11 is 0. The van der Waals surface area contributed by atoms with Gasteiger partial charge in [0.25, 0.3) is 0 Å². The molecule has 1 amide bonds. The van der Waals surface area contributed by atoms with Crippen molar-refractivity contribution in [2.24, 2.45) is 5.73 Å². The van der Waals surface area contributed by atoms with Gasteiger partial charge in [0.15, 0.2) is 0 Å². The second kappa shape index (κ2) is 9.94. The predicted octanol–water partition coefficient (Wildman–Crippen LogP) is 2.24. The van der Waals surface area contributed by atoms with Gasteiger partial charge in [0, 0.05) is 0 Å². The van der Waals surface area contributed by atoms with E-state index in [1.165, 1.54) is 12.1 Å². The highest BCUT2D eigenvalue weighted by molar-refractivity contribution is 5.86. The molecule has 0 saturated heterocycles. The van der Waals surface area contributed by atoms with Crippen LogP contribution in [0.5, 0.6) is 0 Å². The molecule has 1 aromatic rings. The number of aliphatic carboxylic acids is 1. The number of carbonyl (C=O) groups excluding carboxylic acids is 1. The maximum Gasteiger partial charge on any atom is 0.326 e. The summed E-state index contributed by atoms with van der Waals surface area (Å²) in [5.74, 6) is -1.79.